The van der Waals surface area contributed by atoms with E-state index in [1.54, 1.807) is 11.9 Å². The van der Waals surface area contributed by atoms with Crippen LogP contribution in [0.25, 0.3) is 11.0 Å². The normalized spacial score (nSPS) is 17.5. The van der Waals surface area contributed by atoms with Gasteiger partial charge in [-0.25, -0.2) is 0 Å². The monoisotopic (exact) mass is 273 g/mol. The van der Waals surface area contributed by atoms with E-state index < -0.39 is 5.60 Å². The van der Waals surface area contributed by atoms with E-state index in [9.17, 15) is 9.90 Å². The molecule has 1 aliphatic carbocycles. The van der Waals surface area contributed by atoms with Crippen LogP contribution < -0.4 is 0 Å². The topological polar surface area (TPSA) is 53.7 Å². The van der Waals surface area contributed by atoms with Gasteiger partial charge in [0.2, 0.25) is 0 Å². The van der Waals surface area contributed by atoms with E-state index in [0.717, 1.165) is 29.6 Å². The summed E-state index contributed by atoms with van der Waals surface area (Å²) in [5, 5.41) is 11.4. The molecule has 0 saturated heterocycles. The van der Waals surface area contributed by atoms with E-state index >= 15 is 0 Å². The third-order valence-corrected chi connectivity index (χ3v) is 4.05. The van der Waals surface area contributed by atoms with Gasteiger partial charge in [-0.05, 0) is 37.8 Å². The zero-order chi connectivity index (χ0) is 14.2. The number of hydrogen-bond acceptors (Lipinski definition) is 3. The van der Waals surface area contributed by atoms with Crippen LogP contribution >= 0.6 is 0 Å². The highest BCUT2D eigenvalue weighted by Crippen LogP contribution is 2.31. The number of likely N-dealkylation sites (N-methyl/N-ethyl adjacent to an activating group) is 1. The van der Waals surface area contributed by atoms with Crippen LogP contribution in [0.4, 0.5) is 0 Å². The lowest BCUT2D eigenvalue weighted by Gasteiger charge is -2.27. The van der Waals surface area contributed by atoms with E-state index in [1.807, 2.05) is 30.3 Å². The first-order valence-corrected chi connectivity index (χ1v) is 7.04. The van der Waals surface area contributed by atoms with Crippen molar-refractivity contribution < 1.29 is 14.3 Å². The summed E-state index contributed by atoms with van der Waals surface area (Å²) in [5.41, 5.74) is -0.344. The standard InChI is InChI=1S/C16H19NO3/c1-17(15(18)16(19)8-4-5-9-16)11-13-10-12-6-2-3-7-14(12)20-13/h2-3,6-7,10,19H,4-5,8-9,11H2,1H3. The molecule has 0 atom stereocenters. The molecule has 0 unspecified atom stereocenters. The van der Waals surface area contributed by atoms with Gasteiger partial charge in [-0.15, -0.1) is 0 Å². The Balaban J connectivity index is 1.75. The number of para-hydroxylation sites is 1. The molecule has 2 aromatic rings. The minimum Gasteiger partial charge on any atom is -0.459 e. The summed E-state index contributed by atoms with van der Waals surface area (Å²) < 4.78 is 5.71. The fourth-order valence-electron chi connectivity index (χ4n) is 2.95. The molecule has 1 aliphatic rings. The van der Waals surface area contributed by atoms with Crippen LogP contribution in [-0.4, -0.2) is 28.6 Å². The highest BCUT2D eigenvalue weighted by Gasteiger charge is 2.40. The molecule has 4 nitrogen and oxygen atoms in total. The quantitative estimate of drug-likeness (QED) is 0.935. The number of amides is 1. The second-order valence-electron chi connectivity index (χ2n) is 5.65. The Labute approximate surface area is 118 Å². The zero-order valence-corrected chi connectivity index (χ0v) is 11.6. The maximum Gasteiger partial charge on any atom is 0.254 e. The van der Waals surface area contributed by atoms with Crippen LogP contribution in [-0.2, 0) is 11.3 Å². The Morgan fingerprint density at radius 3 is 2.75 bits per heavy atom. The highest BCUT2D eigenvalue weighted by atomic mass is 16.3. The van der Waals surface area contributed by atoms with Crippen molar-refractivity contribution in [3.63, 3.8) is 0 Å². The van der Waals surface area contributed by atoms with E-state index in [0.29, 0.717) is 19.4 Å². The number of furan rings is 1. The summed E-state index contributed by atoms with van der Waals surface area (Å²) in [7, 11) is 1.71. The van der Waals surface area contributed by atoms with Crippen LogP contribution in [0.2, 0.25) is 0 Å². The molecule has 0 bridgehead atoms. The number of benzene rings is 1. The Morgan fingerprint density at radius 2 is 2.05 bits per heavy atom. The van der Waals surface area contributed by atoms with Crippen LogP contribution in [0.3, 0.4) is 0 Å². The maximum atomic E-state index is 12.3. The van der Waals surface area contributed by atoms with Gasteiger partial charge in [-0.1, -0.05) is 18.2 Å². The van der Waals surface area contributed by atoms with Crippen LogP contribution in [0, 0.1) is 0 Å². The lowest BCUT2D eigenvalue weighted by molar-refractivity contribution is -0.150. The number of rotatable bonds is 3. The van der Waals surface area contributed by atoms with Crippen molar-refractivity contribution in [2.24, 2.45) is 0 Å². The minimum atomic E-state index is -1.17. The molecular weight excluding hydrogens is 254 g/mol. The van der Waals surface area contributed by atoms with Gasteiger partial charge in [0.25, 0.3) is 5.91 Å². The van der Waals surface area contributed by atoms with Gasteiger partial charge in [-0.2, -0.15) is 0 Å². The Hall–Kier alpha value is -1.81. The van der Waals surface area contributed by atoms with Crippen molar-refractivity contribution in [1.29, 1.82) is 0 Å². The number of carbonyl (C=O) groups excluding carboxylic acids is 1. The Bertz CT molecular complexity index is 592. The summed E-state index contributed by atoms with van der Waals surface area (Å²) >= 11 is 0. The first-order valence-electron chi connectivity index (χ1n) is 7.04. The Kier molecular flexibility index (Phi) is 3.26. The van der Waals surface area contributed by atoms with Crippen molar-refractivity contribution in [3.8, 4) is 0 Å². The van der Waals surface area contributed by atoms with Crippen LogP contribution in [0.15, 0.2) is 34.7 Å². The van der Waals surface area contributed by atoms with Gasteiger partial charge in [0.15, 0.2) is 0 Å². The van der Waals surface area contributed by atoms with Gasteiger partial charge < -0.3 is 14.4 Å². The largest absolute Gasteiger partial charge is 0.459 e. The molecule has 0 spiro atoms. The molecule has 1 N–H and O–H groups in total. The molecule has 20 heavy (non-hydrogen) atoms. The second-order valence-corrected chi connectivity index (χ2v) is 5.65. The van der Waals surface area contributed by atoms with Crippen molar-refractivity contribution in [2.45, 2.75) is 37.8 Å². The van der Waals surface area contributed by atoms with Gasteiger partial charge in [0.05, 0.1) is 6.54 Å². The molecule has 1 amide bonds. The van der Waals surface area contributed by atoms with Crippen molar-refractivity contribution in [1.82, 2.24) is 4.90 Å². The third kappa shape index (κ3) is 2.31. The molecule has 1 saturated carbocycles. The summed E-state index contributed by atoms with van der Waals surface area (Å²) in [6, 6.07) is 9.71. The van der Waals surface area contributed by atoms with E-state index in [4.69, 9.17) is 4.42 Å². The van der Waals surface area contributed by atoms with E-state index in [-0.39, 0.29) is 5.91 Å². The van der Waals surface area contributed by atoms with E-state index in [1.165, 1.54) is 0 Å². The SMILES string of the molecule is CN(Cc1cc2ccccc2o1)C(=O)C1(O)CCCC1. The molecule has 1 fully saturated rings. The van der Waals surface area contributed by atoms with Crippen LogP contribution in [0.5, 0.6) is 0 Å². The van der Waals surface area contributed by atoms with Gasteiger partial charge >= 0.3 is 0 Å². The number of aliphatic hydroxyl groups is 1. The van der Waals surface area contributed by atoms with E-state index in [2.05, 4.69) is 0 Å². The van der Waals surface area contributed by atoms with Crippen molar-refractivity contribution >= 4 is 16.9 Å². The zero-order valence-electron chi connectivity index (χ0n) is 11.6. The molecule has 1 aromatic heterocycles. The predicted molar refractivity (Wildman–Crippen MR) is 76.1 cm³/mol. The highest BCUT2D eigenvalue weighted by molar-refractivity contribution is 5.85. The summed E-state index contributed by atoms with van der Waals surface area (Å²) in [6.45, 7) is 0.385. The molecule has 1 aromatic carbocycles. The molecule has 106 valence electrons. The number of carbonyl (C=O) groups is 1. The second kappa shape index (κ2) is 4.94. The minimum absolute atomic E-state index is 0.199. The molecule has 4 heteroatoms. The lowest BCUT2D eigenvalue weighted by atomic mass is 10.0. The fourth-order valence-corrected chi connectivity index (χ4v) is 2.95. The van der Waals surface area contributed by atoms with Gasteiger partial charge in [0.1, 0.15) is 16.9 Å². The lowest BCUT2D eigenvalue weighted by Crippen LogP contribution is -2.45. The average Bonchev–Trinajstić information content (AvgIpc) is 3.04. The molecule has 0 radical (unpaired) electrons. The number of fused-ring (bicyclic) bond motifs is 1. The smallest absolute Gasteiger partial charge is 0.254 e. The predicted octanol–water partition coefficient (Wildman–Crippen LogP) is 2.70. The summed E-state index contributed by atoms with van der Waals surface area (Å²) in [4.78, 5) is 13.9. The summed E-state index contributed by atoms with van der Waals surface area (Å²) in [5.74, 6) is 0.541. The maximum absolute atomic E-state index is 12.3. The number of hydrogen-bond donors (Lipinski definition) is 1. The molecule has 0 aliphatic heterocycles. The molecular formula is C16H19NO3. The number of nitrogens with zero attached hydrogens (tertiary/aromatic N) is 1. The van der Waals surface area contributed by atoms with Gasteiger partial charge in [0, 0.05) is 12.4 Å². The first kappa shape index (κ1) is 13.2. The van der Waals surface area contributed by atoms with Crippen molar-refractivity contribution in [3.05, 3.63) is 36.1 Å². The van der Waals surface area contributed by atoms with Crippen LogP contribution in [0.1, 0.15) is 31.4 Å². The first-order chi connectivity index (χ1) is 9.58. The third-order valence-electron chi connectivity index (χ3n) is 4.05. The Morgan fingerprint density at radius 1 is 1.35 bits per heavy atom. The van der Waals surface area contributed by atoms with Gasteiger partial charge in [-0.3, -0.25) is 4.79 Å². The average molecular weight is 273 g/mol. The fraction of sp³-hybridized carbons (Fsp3) is 0.438. The molecule has 3 rings (SSSR count). The summed E-state index contributed by atoms with van der Waals surface area (Å²) in [6.07, 6.45) is 2.97. The molecule has 1 heterocycles. The van der Waals surface area contributed by atoms with Crippen molar-refractivity contribution in [2.75, 3.05) is 7.05 Å².